The molecular weight excluding hydrogens is 313 g/mol. The fourth-order valence-electron chi connectivity index (χ4n) is 1.37. The minimum atomic E-state index is -0.387. The molecule has 1 nitrogen and oxygen atoms in total. The van der Waals surface area contributed by atoms with Crippen LogP contribution in [-0.2, 0) is 0 Å². The Bertz CT molecular complexity index is 461. The summed E-state index contributed by atoms with van der Waals surface area (Å²) in [5.41, 5.74) is 6.50. The molecule has 0 spiro atoms. The van der Waals surface area contributed by atoms with Gasteiger partial charge in [0.25, 0.3) is 0 Å². The molecule has 86 valence electrons. The molecule has 0 fully saturated rings. The van der Waals surface area contributed by atoms with E-state index in [1.165, 1.54) is 17.4 Å². The summed E-state index contributed by atoms with van der Waals surface area (Å²) in [6, 6.07) is 8.25. The van der Waals surface area contributed by atoms with Crippen LogP contribution in [0.4, 0.5) is 4.39 Å². The fraction of sp³-hybridized carbons (Fsp3) is 0.0909. The molecule has 1 heterocycles. The van der Waals surface area contributed by atoms with Crippen molar-refractivity contribution in [2.75, 3.05) is 0 Å². The molecule has 0 aliphatic heterocycles. The standard InChI is InChI=1S/C11H9BrFNS.ClH/c12-7-3-4-9(13)8(6-7)11(14)10-2-1-5-15-10;/h1-6,11H,14H2;1H/t11-;/m0./s1. The number of hydrogen-bond acceptors (Lipinski definition) is 2. The number of halogens is 3. The van der Waals surface area contributed by atoms with Gasteiger partial charge < -0.3 is 5.73 Å². The first-order valence-electron chi connectivity index (χ1n) is 4.42. The highest BCUT2D eigenvalue weighted by molar-refractivity contribution is 9.10. The zero-order chi connectivity index (χ0) is 10.8. The second-order valence-electron chi connectivity index (χ2n) is 3.16. The van der Waals surface area contributed by atoms with E-state index in [9.17, 15) is 4.39 Å². The van der Waals surface area contributed by atoms with Gasteiger partial charge in [-0.15, -0.1) is 23.7 Å². The SMILES string of the molecule is Cl.N[C@H](c1cccs1)c1cc(Br)ccc1F. The molecule has 0 aliphatic rings. The maximum Gasteiger partial charge on any atom is 0.128 e. The molecule has 16 heavy (non-hydrogen) atoms. The van der Waals surface area contributed by atoms with E-state index in [0.717, 1.165) is 9.35 Å². The number of thiophene rings is 1. The van der Waals surface area contributed by atoms with E-state index in [2.05, 4.69) is 15.9 Å². The maximum absolute atomic E-state index is 13.5. The summed E-state index contributed by atoms with van der Waals surface area (Å²) in [7, 11) is 0. The highest BCUT2D eigenvalue weighted by Crippen LogP contribution is 2.27. The molecule has 5 heteroatoms. The lowest BCUT2D eigenvalue weighted by molar-refractivity contribution is 0.600. The van der Waals surface area contributed by atoms with Crippen LogP contribution in [0, 0.1) is 5.82 Å². The third-order valence-corrected chi connectivity index (χ3v) is 3.59. The van der Waals surface area contributed by atoms with Gasteiger partial charge in [0.15, 0.2) is 0 Å². The van der Waals surface area contributed by atoms with Crippen LogP contribution in [0.15, 0.2) is 40.2 Å². The van der Waals surface area contributed by atoms with E-state index in [4.69, 9.17) is 5.73 Å². The summed E-state index contributed by atoms with van der Waals surface area (Å²) in [6.45, 7) is 0. The summed E-state index contributed by atoms with van der Waals surface area (Å²) in [4.78, 5) is 0.965. The van der Waals surface area contributed by atoms with Gasteiger partial charge in [0, 0.05) is 14.9 Å². The summed E-state index contributed by atoms with van der Waals surface area (Å²) in [5, 5.41) is 1.94. The molecule has 2 N–H and O–H groups in total. The van der Waals surface area contributed by atoms with Crippen LogP contribution in [0.5, 0.6) is 0 Å². The molecule has 0 radical (unpaired) electrons. The van der Waals surface area contributed by atoms with Crippen LogP contribution < -0.4 is 5.73 Å². The Labute approximate surface area is 112 Å². The maximum atomic E-state index is 13.5. The predicted octanol–water partition coefficient (Wildman–Crippen LogP) is 4.12. The lowest BCUT2D eigenvalue weighted by atomic mass is 10.1. The number of hydrogen-bond donors (Lipinski definition) is 1. The van der Waals surface area contributed by atoms with Gasteiger partial charge >= 0.3 is 0 Å². The van der Waals surface area contributed by atoms with Crippen LogP contribution in [0.3, 0.4) is 0 Å². The van der Waals surface area contributed by atoms with Crippen molar-refractivity contribution in [2.45, 2.75) is 6.04 Å². The molecule has 1 atom stereocenters. The Hall–Kier alpha value is -0.420. The second-order valence-corrected chi connectivity index (χ2v) is 5.05. The normalized spacial score (nSPS) is 11.9. The van der Waals surface area contributed by atoms with Gasteiger partial charge in [0.2, 0.25) is 0 Å². The fourth-order valence-corrected chi connectivity index (χ4v) is 2.50. The summed E-state index contributed by atoms with van der Waals surface area (Å²) >= 11 is 4.84. The van der Waals surface area contributed by atoms with Crippen molar-refractivity contribution in [1.29, 1.82) is 0 Å². The topological polar surface area (TPSA) is 26.0 Å². The summed E-state index contributed by atoms with van der Waals surface area (Å²) in [6.07, 6.45) is 0. The molecule has 2 aromatic rings. The quantitative estimate of drug-likeness (QED) is 0.884. The zero-order valence-electron chi connectivity index (χ0n) is 8.19. The lowest BCUT2D eigenvalue weighted by Crippen LogP contribution is -2.12. The predicted molar refractivity (Wildman–Crippen MR) is 71.7 cm³/mol. The molecule has 0 bridgehead atoms. The van der Waals surface area contributed by atoms with Gasteiger partial charge in [-0.25, -0.2) is 4.39 Å². The first-order chi connectivity index (χ1) is 7.18. The highest BCUT2D eigenvalue weighted by Gasteiger charge is 2.14. The molecule has 0 saturated heterocycles. The van der Waals surface area contributed by atoms with E-state index in [-0.39, 0.29) is 24.3 Å². The Morgan fingerprint density at radius 3 is 2.69 bits per heavy atom. The first-order valence-corrected chi connectivity index (χ1v) is 6.09. The largest absolute Gasteiger partial charge is 0.320 e. The van der Waals surface area contributed by atoms with Gasteiger partial charge in [-0.3, -0.25) is 0 Å². The van der Waals surface area contributed by atoms with Gasteiger partial charge in [-0.05, 0) is 29.6 Å². The highest BCUT2D eigenvalue weighted by atomic mass is 79.9. The molecule has 1 aromatic carbocycles. The Balaban J connectivity index is 0.00000128. The van der Waals surface area contributed by atoms with Crippen molar-refractivity contribution in [3.05, 3.63) is 56.4 Å². The van der Waals surface area contributed by atoms with Gasteiger partial charge in [0.1, 0.15) is 5.82 Å². The molecule has 0 saturated carbocycles. The van der Waals surface area contributed by atoms with Crippen molar-refractivity contribution < 1.29 is 4.39 Å². The zero-order valence-corrected chi connectivity index (χ0v) is 11.4. The van der Waals surface area contributed by atoms with E-state index in [1.807, 2.05) is 17.5 Å². The van der Waals surface area contributed by atoms with E-state index in [1.54, 1.807) is 12.1 Å². The van der Waals surface area contributed by atoms with Crippen LogP contribution in [0.1, 0.15) is 16.5 Å². The lowest BCUT2D eigenvalue weighted by Gasteiger charge is -2.11. The number of nitrogens with two attached hydrogens (primary N) is 1. The van der Waals surface area contributed by atoms with Crippen molar-refractivity contribution >= 4 is 39.7 Å². The van der Waals surface area contributed by atoms with Gasteiger partial charge in [0.05, 0.1) is 6.04 Å². The van der Waals surface area contributed by atoms with Crippen molar-refractivity contribution in [3.8, 4) is 0 Å². The number of rotatable bonds is 2. The minimum absolute atomic E-state index is 0. The Morgan fingerprint density at radius 2 is 2.06 bits per heavy atom. The van der Waals surface area contributed by atoms with Crippen LogP contribution in [0.25, 0.3) is 0 Å². The Kier molecular flexibility index (Phi) is 4.92. The molecule has 1 aromatic heterocycles. The Morgan fingerprint density at radius 1 is 1.31 bits per heavy atom. The first kappa shape index (κ1) is 13.6. The van der Waals surface area contributed by atoms with E-state index in [0.29, 0.717) is 5.56 Å². The van der Waals surface area contributed by atoms with Crippen molar-refractivity contribution in [1.82, 2.24) is 0 Å². The molecule has 2 rings (SSSR count). The van der Waals surface area contributed by atoms with Crippen LogP contribution >= 0.6 is 39.7 Å². The number of benzene rings is 1. The van der Waals surface area contributed by atoms with Gasteiger partial charge in [-0.1, -0.05) is 22.0 Å². The van der Waals surface area contributed by atoms with Crippen molar-refractivity contribution in [3.63, 3.8) is 0 Å². The van der Waals surface area contributed by atoms with E-state index < -0.39 is 0 Å². The smallest absolute Gasteiger partial charge is 0.128 e. The summed E-state index contributed by atoms with van der Waals surface area (Å²) < 4.78 is 14.4. The van der Waals surface area contributed by atoms with Crippen molar-refractivity contribution in [2.24, 2.45) is 5.73 Å². The van der Waals surface area contributed by atoms with E-state index >= 15 is 0 Å². The second kappa shape index (κ2) is 5.77. The van der Waals surface area contributed by atoms with Crippen LogP contribution in [-0.4, -0.2) is 0 Å². The van der Waals surface area contributed by atoms with Gasteiger partial charge in [-0.2, -0.15) is 0 Å². The molecule has 0 amide bonds. The van der Waals surface area contributed by atoms with Crippen LogP contribution in [0.2, 0.25) is 0 Å². The monoisotopic (exact) mass is 321 g/mol. The average Bonchev–Trinajstić information content (AvgIpc) is 2.74. The molecule has 0 unspecified atom stereocenters. The molecular formula is C11H10BrClFNS. The third-order valence-electron chi connectivity index (χ3n) is 2.14. The average molecular weight is 323 g/mol. The minimum Gasteiger partial charge on any atom is -0.320 e. The summed E-state index contributed by atoms with van der Waals surface area (Å²) in [5.74, 6) is -0.265. The third kappa shape index (κ3) is 2.83. The molecule has 0 aliphatic carbocycles.